The molecular weight excluding hydrogens is 328 g/mol. The lowest BCUT2D eigenvalue weighted by molar-refractivity contribution is -0.0532. The van der Waals surface area contributed by atoms with Crippen LogP contribution in [0.1, 0.15) is 19.8 Å². The van der Waals surface area contributed by atoms with E-state index >= 15 is 0 Å². The topological polar surface area (TPSA) is 75.8 Å². The first kappa shape index (κ1) is 16.9. The molecule has 0 aliphatic heterocycles. The van der Waals surface area contributed by atoms with Gasteiger partial charge in [0.15, 0.2) is 5.65 Å². The fourth-order valence-electron chi connectivity index (χ4n) is 3.68. The molecule has 1 aliphatic carbocycles. The number of anilines is 1. The average molecular weight is 349 g/mol. The minimum Gasteiger partial charge on any atom is -0.437 e. The van der Waals surface area contributed by atoms with E-state index in [4.69, 9.17) is 4.74 Å². The molecule has 26 heavy (non-hydrogen) atoms. The van der Waals surface area contributed by atoms with Gasteiger partial charge in [0.25, 0.3) is 0 Å². The fraction of sp³-hybridized carbons (Fsp3) is 0.353. The molecule has 7 nitrogen and oxygen atoms in total. The van der Waals surface area contributed by atoms with Gasteiger partial charge < -0.3 is 14.7 Å². The number of hydrogen-bond donors (Lipinski definition) is 1. The molecule has 1 saturated carbocycles. The lowest BCUT2D eigenvalue weighted by atomic mass is 9.72. The number of pyridine rings is 1. The molecule has 1 fully saturated rings. The van der Waals surface area contributed by atoms with Crippen LogP contribution in [-0.2, 0) is 0 Å². The van der Waals surface area contributed by atoms with Crippen LogP contribution in [0.2, 0.25) is 0 Å². The number of rotatable bonds is 5. The van der Waals surface area contributed by atoms with Crippen LogP contribution in [0.3, 0.4) is 0 Å². The van der Waals surface area contributed by atoms with Crippen molar-refractivity contribution in [3.8, 4) is 11.6 Å². The van der Waals surface area contributed by atoms with E-state index in [0.29, 0.717) is 17.5 Å². The Morgan fingerprint density at radius 3 is 2.92 bits per heavy atom. The van der Waals surface area contributed by atoms with Gasteiger partial charge in [0.1, 0.15) is 19.4 Å². The van der Waals surface area contributed by atoms with Crippen molar-refractivity contribution in [3.05, 3.63) is 36.8 Å². The van der Waals surface area contributed by atoms with Gasteiger partial charge in [-0.2, -0.15) is 10.1 Å². The normalized spacial score (nSPS) is 22.2. The minimum absolute atomic E-state index is 0.470. The van der Waals surface area contributed by atoms with Crippen LogP contribution in [0.4, 0.5) is 5.82 Å². The van der Waals surface area contributed by atoms with Gasteiger partial charge in [-0.15, -0.1) is 0 Å². The molecule has 0 radical (unpaired) electrons. The molecule has 0 spiro atoms. The molecule has 9 heteroatoms. The van der Waals surface area contributed by atoms with Crippen molar-refractivity contribution in [1.82, 2.24) is 19.6 Å². The zero-order valence-electron chi connectivity index (χ0n) is 15.3. The third kappa shape index (κ3) is 3.26. The van der Waals surface area contributed by atoms with Crippen molar-refractivity contribution in [2.45, 2.75) is 25.4 Å². The summed E-state index contributed by atoms with van der Waals surface area (Å²) in [6, 6.07) is 5.57. The maximum Gasteiger partial charge on any atom is 0.224 e. The third-order valence-corrected chi connectivity index (χ3v) is 4.84. The summed E-state index contributed by atoms with van der Waals surface area (Å²) in [5, 5.41) is 14.4. The maximum absolute atomic E-state index is 9.98. The maximum atomic E-state index is 9.98. The van der Waals surface area contributed by atoms with Crippen molar-refractivity contribution >= 4 is 32.8 Å². The number of aliphatic hydroxyl groups is 1. The van der Waals surface area contributed by atoms with Crippen molar-refractivity contribution in [1.29, 1.82) is 0 Å². The van der Waals surface area contributed by atoms with E-state index in [1.54, 1.807) is 12.4 Å². The highest BCUT2D eigenvalue weighted by Gasteiger charge is 2.38. The Kier molecular flexibility index (Phi) is 4.11. The second-order valence-corrected chi connectivity index (χ2v) is 7.46. The monoisotopic (exact) mass is 349 g/mol. The van der Waals surface area contributed by atoms with Crippen molar-refractivity contribution < 1.29 is 9.84 Å². The molecule has 0 bridgehead atoms. The first-order valence-electron chi connectivity index (χ1n) is 8.78. The van der Waals surface area contributed by atoms with Gasteiger partial charge in [0, 0.05) is 25.0 Å². The molecule has 3 aromatic heterocycles. The first-order chi connectivity index (χ1) is 12.4. The van der Waals surface area contributed by atoms with Gasteiger partial charge in [-0.1, -0.05) is 0 Å². The van der Waals surface area contributed by atoms with Crippen molar-refractivity contribution in [2.75, 3.05) is 11.4 Å². The Morgan fingerprint density at radius 2 is 2.23 bits per heavy atom. The van der Waals surface area contributed by atoms with Gasteiger partial charge >= 0.3 is 0 Å². The van der Waals surface area contributed by atoms with Gasteiger partial charge in [-0.25, -0.2) is 4.52 Å². The molecule has 0 saturated heterocycles. The largest absolute Gasteiger partial charge is 0.437 e. The fourth-order valence-corrected chi connectivity index (χ4v) is 3.68. The summed E-state index contributed by atoms with van der Waals surface area (Å²) < 4.78 is 7.73. The summed E-state index contributed by atoms with van der Waals surface area (Å²) in [4.78, 5) is 10.8. The summed E-state index contributed by atoms with van der Waals surface area (Å²) in [6.45, 7) is 2.74. The molecule has 0 amide bonds. The molecule has 3 aromatic rings. The number of fused-ring (bicyclic) bond motifs is 1. The SMILES string of the molecule is Bc1cnn2c(N(B)CC3CC(C)(O)C3)cc(Oc3cccnc3)nc12. The molecule has 4 rings (SSSR count). The second kappa shape index (κ2) is 6.32. The highest BCUT2D eigenvalue weighted by molar-refractivity contribution is 6.36. The Hall–Kier alpha value is -2.54. The smallest absolute Gasteiger partial charge is 0.224 e. The predicted octanol–water partition coefficient (Wildman–Crippen LogP) is -0.310. The number of ether oxygens (including phenoxy) is 1. The van der Waals surface area contributed by atoms with Crippen LogP contribution in [0.5, 0.6) is 11.6 Å². The van der Waals surface area contributed by atoms with E-state index in [1.165, 1.54) is 0 Å². The van der Waals surface area contributed by atoms with Crippen LogP contribution in [-0.4, -0.2) is 52.7 Å². The minimum atomic E-state index is -0.518. The summed E-state index contributed by atoms with van der Waals surface area (Å²) in [6.07, 6.45) is 6.82. The molecule has 1 N–H and O–H groups in total. The molecule has 0 atom stereocenters. The molecular formula is C17H21B2N5O2. The van der Waals surface area contributed by atoms with E-state index in [-0.39, 0.29) is 0 Å². The highest BCUT2D eigenvalue weighted by Crippen LogP contribution is 2.38. The van der Waals surface area contributed by atoms with Gasteiger partial charge in [-0.05, 0) is 43.3 Å². The standard InChI is InChI=1S/C17H21B2N5O2/c1-17(25)6-11(7-17)10-23(19)15-5-14(26-12-3-2-4-20-8-12)22-16-13(18)9-21-24(15)16/h2-5,8-9,11,25H,6-7,10,18-19H2,1H3. The summed E-state index contributed by atoms with van der Waals surface area (Å²) in [5.74, 6) is 2.54. The summed E-state index contributed by atoms with van der Waals surface area (Å²) in [5.41, 5.74) is 1.24. The first-order valence-corrected chi connectivity index (χ1v) is 8.78. The lowest BCUT2D eigenvalue weighted by Crippen LogP contribution is -2.46. The molecule has 3 heterocycles. The van der Waals surface area contributed by atoms with Crippen LogP contribution in [0.25, 0.3) is 5.65 Å². The average Bonchev–Trinajstić information content (AvgIpc) is 2.95. The zero-order chi connectivity index (χ0) is 18.3. The predicted molar refractivity (Wildman–Crippen MR) is 105 cm³/mol. The Morgan fingerprint density at radius 1 is 1.42 bits per heavy atom. The molecule has 1 aliphatic rings. The second-order valence-electron chi connectivity index (χ2n) is 7.46. The zero-order valence-corrected chi connectivity index (χ0v) is 15.3. The summed E-state index contributed by atoms with van der Waals surface area (Å²) in [7, 11) is 4.02. The van der Waals surface area contributed by atoms with Gasteiger partial charge in [-0.3, -0.25) is 4.98 Å². The van der Waals surface area contributed by atoms with Gasteiger partial charge in [0.2, 0.25) is 13.9 Å². The Balaban J connectivity index is 1.64. The number of hydrogen-bond acceptors (Lipinski definition) is 6. The summed E-state index contributed by atoms with van der Waals surface area (Å²) >= 11 is 0. The molecule has 132 valence electrons. The van der Waals surface area contributed by atoms with Crippen LogP contribution < -0.4 is 15.0 Å². The molecule has 0 unspecified atom stereocenters. The van der Waals surface area contributed by atoms with Crippen LogP contribution >= 0.6 is 0 Å². The third-order valence-electron chi connectivity index (χ3n) is 4.84. The van der Waals surface area contributed by atoms with E-state index in [2.05, 4.69) is 19.9 Å². The Labute approximate surface area is 153 Å². The van der Waals surface area contributed by atoms with Crippen molar-refractivity contribution in [3.63, 3.8) is 0 Å². The van der Waals surface area contributed by atoms with E-state index in [9.17, 15) is 5.11 Å². The number of nitrogens with zero attached hydrogens (tertiary/aromatic N) is 5. The highest BCUT2D eigenvalue weighted by atomic mass is 16.5. The van der Waals surface area contributed by atoms with E-state index < -0.39 is 5.60 Å². The lowest BCUT2D eigenvalue weighted by Gasteiger charge is -2.43. The van der Waals surface area contributed by atoms with E-state index in [0.717, 1.165) is 36.3 Å². The van der Waals surface area contributed by atoms with Crippen molar-refractivity contribution in [2.24, 2.45) is 5.92 Å². The van der Waals surface area contributed by atoms with E-state index in [1.807, 2.05) is 51.7 Å². The Bertz CT molecular complexity index is 924. The molecule has 0 aromatic carbocycles. The number of aromatic nitrogens is 4. The van der Waals surface area contributed by atoms with Crippen LogP contribution in [0.15, 0.2) is 36.8 Å². The van der Waals surface area contributed by atoms with Crippen LogP contribution in [0, 0.1) is 5.92 Å². The quantitative estimate of drug-likeness (QED) is 0.637. The van der Waals surface area contributed by atoms with Gasteiger partial charge in [0.05, 0.1) is 11.8 Å².